The molecule has 3 aromatic carbocycles. The van der Waals surface area contributed by atoms with Crippen molar-refractivity contribution in [1.82, 2.24) is 15.0 Å². The molecule has 29 heavy (non-hydrogen) atoms. The zero-order valence-corrected chi connectivity index (χ0v) is 16.8. The quantitative estimate of drug-likeness (QED) is 0.383. The smallest absolute Gasteiger partial charge is 0.322 e. The molecule has 0 radical (unpaired) electrons. The monoisotopic (exact) mass is 508 g/mol. The highest BCUT2D eigenvalue weighted by Gasteiger charge is 2.30. The third-order valence-corrected chi connectivity index (χ3v) is 4.80. The van der Waals surface area contributed by atoms with E-state index in [1.54, 1.807) is 36.4 Å². The summed E-state index contributed by atoms with van der Waals surface area (Å²) >= 11 is 2.13. The highest BCUT2D eigenvalue weighted by Crippen LogP contribution is 2.30. The minimum Gasteiger partial charge on any atom is -0.322 e. The Morgan fingerprint density at radius 2 is 1.69 bits per heavy atom. The molecule has 0 saturated heterocycles. The Kier molecular flexibility index (Phi) is 4.99. The topological polar surface area (TPSA) is 59.8 Å². The van der Waals surface area contributed by atoms with E-state index in [0.717, 1.165) is 20.5 Å². The molecule has 1 amide bonds. The average molecular weight is 508 g/mol. The minimum atomic E-state index is -4.45. The average Bonchev–Trinajstić information content (AvgIpc) is 3.11. The van der Waals surface area contributed by atoms with Crippen LogP contribution in [0.5, 0.6) is 0 Å². The number of rotatable bonds is 3. The predicted octanol–water partition coefficient (Wildman–Crippen LogP) is 5.30. The Hall–Kier alpha value is -2.95. The molecule has 0 unspecified atom stereocenters. The zero-order valence-electron chi connectivity index (χ0n) is 14.6. The van der Waals surface area contributed by atoms with Crippen molar-refractivity contribution in [2.24, 2.45) is 0 Å². The van der Waals surface area contributed by atoms with Gasteiger partial charge < -0.3 is 5.32 Å². The summed E-state index contributed by atoms with van der Waals surface area (Å²) in [7, 11) is 0. The van der Waals surface area contributed by atoms with Crippen LogP contribution in [-0.4, -0.2) is 20.9 Å². The molecule has 1 heterocycles. The molecule has 0 bridgehead atoms. The summed E-state index contributed by atoms with van der Waals surface area (Å²) in [6.07, 6.45) is -4.45. The number of amides is 1. The number of nitrogens with zero attached hydrogens (tertiary/aromatic N) is 3. The van der Waals surface area contributed by atoms with Crippen LogP contribution in [-0.2, 0) is 6.18 Å². The number of anilines is 1. The van der Waals surface area contributed by atoms with Crippen molar-refractivity contribution in [1.29, 1.82) is 0 Å². The van der Waals surface area contributed by atoms with Gasteiger partial charge in [-0.15, -0.1) is 10.2 Å². The van der Waals surface area contributed by atoms with E-state index >= 15 is 0 Å². The SMILES string of the molecule is O=C(Nc1ccc2nn(-c3cccc(C(F)(F)F)c3)nc2c1)c1cccc(I)c1. The number of aromatic nitrogens is 3. The van der Waals surface area contributed by atoms with Crippen LogP contribution < -0.4 is 5.32 Å². The first-order valence-electron chi connectivity index (χ1n) is 8.41. The van der Waals surface area contributed by atoms with Gasteiger partial charge in [-0.3, -0.25) is 4.79 Å². The maximum atomic E-state index is 12.9. The molecule has 0 aliphatic heterocycles. The van der Waals surface area contributed by atoms with E-state index in [0.29, 0.717) is 22.3 Å². The Labute approximate surface area is 176 Å². The van der Waals surface area contributed by atoms with Gasteiger partial charge in [0, 0.05) is 14.8 Å². The fourth-order valence-electron chi connectivity index (χ4n) is 2.75. The Morgan fingerprint density at radius 3 is 2.45 bits per heavy atom. The van der Waals surface area contributed by atoms with Gasteiger partial charge in [0.2, 0.25) is 0 Å². The van der Waals surface area contributed by atoms with Crippen molar-refractivity contribution in [3.8, 4) is 5.69 Å². The van der Waals surface area contributed by atoms with Crippen LogP contribution in [0.1, 0.15) is 15.9 Å². The van der Waals surface area contributed by atoms with Crippen LogP contribution in [0.3, 0.4) is 0 Å². The van der Waals surface area contributed by atoms with Crippen molar-refractivity contribution < 1.29 is 18.0 Å². The number of hydrogen-bond acceptors (Lipinski definition) is 3. The Bertz CT molecular complexity index is 1220. The van der Waals surface area contributed by atoms with Gasteiger partial charge in [-0.1, -0.05) is 12.1 Å². The van der Waals surface area contributed by atoms with Crippen LogP contribution in [0.15, 0.2) is 66.7 Å². The molecule has 0 aliphatic carbocycles. The van der Waals surface area contributed by atoms with Gasteiger partial charge in [0.25, 0.3) is 5.91 Å². The second kappa shape index (κ2) is 7.47. The van der Waals surface area contributed by atoms with Crippen LogP contribution in [0.2, 0.25) is 0 Å². The first-order valence-corrected chi connectivity index (χ1v) is 9.49. The molecule has 5 nitrogen and oxygen atoms in total. The first kappa shape index (κ1) is 19.4. The largest absolute Gasteiger partial charge is 0.416 e. The molecule has 9 heteroatoms. The lowest BCUT2D eigenvalue weighted by atomic mass is 10.2. The van der Waals surface area contributed by atoms with E-state index in [1.165, 1.54) is 12.1 Å². The van der Waals surface area contributed by atoms with E-state index < -0.39 is 11.7 Å². The molecule has 0 aliphatic rings. The highest BCUT2D eigenvalue weighted by molar-refractivity contribution is 14.1. The fraction of sp³-hybridized carbons (Fsp3) is 0.0500. The van der Waals surface area contributed by atoms with Gasteiger partial charge in [-0.2, -0.15) is 18.0 Å². The van der Waals surface area contributed by atoms with E-state index in [4.69, 9.17) is 0 Å². The summed E-state index contributed by atoms with van der Waals surface area (Å²) in [5.74, 6) is -0.270. The van der Waals surface area contributed by atoms with E-state index in [2.05, 4.69) is 38.1 Å². The van der Waals surface area contributed by atoms with Gasteiger partial charge in [0.1, 0.15) is 11.0 Å². The fourth-order valence-corrected chi connectivity index (χ4v) is 3.29. The number of carbonyl (C=O) groups excluding carboxylic acids is 1. The third-order valence-electron chi connectivity index (χ3n) is 4.13. The van der Waals surface area contributed by atoms with Gasteiger partial charge in [0.05, 0.1) is 11.3 Å². The lowest BCUT2D eigenvalue weighted by molar-refractivity contribution is -0.137. The summed E-state index contributed by atoms with van der Waals surface area (Å²) in [6.45, 7) is 0. The Balaban J connectivity index is 1.62. The Morgan fingerprint density at radius 1 is 0.931 bits per heavy atom. The maximum Gasteiger partial charge on any atom is 0.416 e. The molecule has 4 aromatic rings. The summed E-state index contributed by atoms with van der Waals surface area (Å²) in [5.41, 5.74) is 1.39. The third kappa shape index (κ3) is 4.24. The zero-order chi connectivity index (χ0) is 20.6. The van der Waals surface area contributed by atoms with Crippen LogP contribution >= 0.6 is 22.6 Å². The van der Waals surface area contributed by atoms with Crippen molar-refractivity contribution in [3.05, 3.63) is 81.4 Å². The molecule has 0 atom stereocenters. The number of benzene rings is 3. The molecule has 0 spiro atoms. The molecular weight excluding hydrogens is 496 g/mol. The van der Waals surface area contributed by atoms with E-state index in [9.17, 15) is 18.0 Å². The number of nitrogens with one attached hydrogen (secondary N) is 1. The molecule has 1 aromatic heterocycles. The van der Waals surface area contributed by atoms with Crippen molar-refractivity contribution >= 4 is 45.2 Å². The van der Waals surface area contributed by atoms with Crippen LogP contribution in [0, 0.1) is 3.57 Å². The maximum absolute atomic E-state index is 12.9. The molecule has 0 fully saturated rings. The summed E-state index contributed by atoms with van der Waals surface area (Å²) in [5, 5.41) is 11.3. The van der Waals surface area contributed by atoms with Gasteiger partial charge in [-0.25, -0.2) is 0 Å². The van der Waals surface area contributed by atoms with Gasteiger partial charge >= 0.3 is 6.18 Å². The molecular formula is C20H12F3IN4O. The normalized spacial score (nSPS) is 11.6. The van der Waals surface area contributed by atoms with Crippen molar-refractivity contribution in [2.45, 2.75) is 6.18 Å². The number of hydrogen-bond donors (Lipinski definition) is 1. The number of carbonyl (C=O) groups is 1. The van der Waals surface area contributed by atoms with Crippen LogP contribution in [0.25, 0.3) is 16.7 Å². The standard InChI is InChI=1S/C20H12F3IN4O/c21-20(22,23)13-4-2-6-16(10-13)28-26-17-8-7-15(11-18(17)27-28)25-19(29)12-3-1-5-14(24)9-12/h1-11H,(H,25,29). The lowest BCUT2D eigenvalue weighted by Gasteiger charge is -2.07. The second-order valence-electron chi connectivity index (χ2n) is 6.21. The molecule has 1 N–H and O–H groups in total. The van der Waals surface area contributed by atoms with Gasteiger partial charge in [0.15, 0.2) is 0 Å². The van der Waals surface area contributed by atoms with Crippen LogP contribution in [0.4, 0.5) is 18.9 Å². The molecule has 4 rings (SSSR count). The number of alkyl halides is 3. The molecule has 0 saturated carbocycles. The number of halogens is 4. The highest BCUT2D eigenvalue weighted by atomic mass is 127. The first-order chi connectivity index (χ1) is 13.8. The predicted molar refractivity (Wildman–Crippen MR) is 111 cm³/mol. The second-order valence-corrected chi connectivity index (χ2v) is 7.45. The minimum absolute atomic E-state index is 0.195. The van der Waals surface area contributed by atoms with E-state index in [-0.39, 0.29) is 11.6 Å². The summed E-state index contributed by atoms with van der Waals surface area (Å²) in [6, 6.07) is 16.9. The van der Waals surface area contributed by atoms with Crippen molar-refractivity contribution in [2.75, 3.05) is 5.32 Å². The number of fused-ring (bicyclic) bond motifs is 1. The lowest BCUT2D eigenvalue weighted by Crippen LogP contribution is -2.11. The van der Waals surface area contributed by atoms with Gasteiger partial charge in [-0.05, 0) is 77.2 Å². The van der Waals surface area contributed by atoms with Crippen molar-refractivity contribution in [3.63, 3.8) is 0 Å². The molecule has 146 valence electrons. The summed E-state index contributed by atoms with van der Waals surface area (Å²) in [4.78, 5) is 13.5. The summed E-state index contributed by atoms with van der Waals surface area (Å²) < 4.78 is 39.7. The van der Waals surface area contributed by atoms with E-state index in [1.807, 2.05) is 6.07 Å².